The average molecular weight is 280 g/mol. The molecule has 0 atom stereocenters. The Morgan fingerprint density at radius 3 is 1.84 bits per heavy atom. The molecule has 0 spiro atoms. The first-order chi connectivity index (χ1) is 9.24. The monoisotopic (exact) mass is 279 g/mol. The maximum atomic E-state index is 5.68. The molecule has 0 fully saturated rings. The predicted octanol–water partition coefficient (Wildman–Crippen LogP) is -0.649. The zero-order valence-electron chi connectivity index (χ0n) is 12.3. The van der Waals surface area contributed by atoms with E-state index in [1.54, 1.807) is 11.1 Å². The lowest BCUT2D eigenvalue weighted by molar-refractivity contribution is 0.768. The Bertz CT molecular complexity index is 380. The Morgan fingerprint density at radius 2 is 1.26 bits per heavy atom. The van der Waals surface area contributed by atoms with Crippen LogP contribution in [0, 0.1) is 0 Å². The SMILES string of the molecule is NCCCc1ccc([SiH3])c(CCCN)c1CCCN. The lowest BCUT2D eigenvalue weighted by Crippen LogP contribution is -2.18. The number of benzene rings is 1. The van der Waals surface area contributed by atoms with Gasteiger partial charge in [-0.3, -0.25) is 0 Å². The second kappa shape index (κ2) is 9.26. The number of hydrogen-bond donors (Lipinski definition) is 3. The fraction of sp³-hybridized carbons (Fsp3) is 0.600. The summed E-state index contributed by atoms with van der Waals surface area (Å²) < 4.78 is 0. The average Bonchev–Trinajstić information content (AvgIpc) is 2.42. The van der Waals surface area contributed by atoms with Crippen LogP contribution in [0.15, 0.2) is 12.1 Å². The van der Waals surface area contributed by atoms with Gasteiger partial charge >= 0.3 is 0 Å². The van der Waals surface area contributed by atoms with Crippen molar-refractivity contribution in [2.75, 3.05) is 19.6 Å². The predicted molar refractivity (Wildman–Crippen MR) is 88.1 cm³/mol. The molecule has 0 heterocycles. The summed E-state index contributed by atoms with van der Waals surface area (Å²) in [6.45, 7) is 2.29. The Morgan fingerprint density at radius 1 is 0.737 bits per heavy atom. The number of hydrogen-bond acceptors (Lipinski definition) is 3. The fourth-order valence-corrected chi connectivity index (χ4v) is 3.32. The third kappa shape index (κ3) is 5.07. The molecule has 0 aromatic heterocycles. The maximum Gasteiger partial charge on any atom is 0.0388 e. The summed E-state index contributed by atoms with van der Waals surface area (Å²) >= 11 is 0. The largest absolute Gasteiger partial charge is 0.330 e. The van der Waals surface area contributed by atoms with Crippen LogP contribution in [-0.2, 0) is 19.3 Å². The van der Waals surface area contributed by atoms with Gasteiger partial charge in [0.25, 0.3) is 0 Å². The molecule has 0 aliphatic heterocycles. The van der Waals surface area contributed by atoms with E-state index in [1.807, 2.05) is 0 Å². The zero-order valence-corrected chi connectivity index (χ0v) is 14.3. The van der Waals surface area contributed by atoms with Crippen molar-refractivity contribution in [3.05, 3.63) is 28.8 Å². The van der Waals surface area contributed by atoms with Crippen LogP contribution in [0.1, 0.15) is 36.0 Å². The standard InChI is InChI=1S/C15H29N3Si/c16-9-1-4-12-7-8-15(19)14(6-3-11-18)13(12)5-2-10-17/h7-8H,1-6,9-11,16-18H2,19H3. The van der Waals surface area contributed by atoms with Crippen LogP contribution < -0.4 is 22.4 Å². The first kappa shape index (κ1) is 16.4. The summed E-state index contributed by atoms with van der Waals surface area (Å²) in [4.78, 5) is 0. The van der Waals surface area contributed by atoms with Gasteiger partial charge in [-0.25, -0.2) is 0 Å². The van der Waals surface area contributed by atoms with E-state index in [4.69, 9.17) is 17.2 Å². The Hall–Kier alpha value is -0.683. The third-order valence-electron chi connectivity index (χ3n) is 3.67. The minimum atomic E-state index is 0.761. The number of aryl methyl sites for hydroxylation is 1. The Balaban J connectivity index is 3.00. The Kier molecular flexibility index (Phi) is 7.98. The topological polar surface area (TPSA) is 78.1 Å². The first-order valence-electron chi connectivity index (χ1n) is 7.45. The molecule has 1 rings (SSSR count). The molecular formula is C15H29N3Si. The molecule has 0 saturated carbocycles. The molecule has 1 aromatic carbocycles. The van der Waals surface area contributed by atoms with Crippen molar-refractivity contribution < 1.29 is 0 Å². The molecular weight excluding hydrogens is 250 g/mol. The van der Waals surface area contributed by atoms with Crippen molar-refractivity contribution in [3.8, 4) is 0 Å². The smallest absolute Gasteiger partial charge is 0.0388 e. The van der Waals surface area contributed by atoms with Crippen LogP contribution in [-0.4, -0.2) is 29.9 Å². The van der Waals surface area contributed by atoms with Gasteiger partial charge in [0.05, 0.1) is 0 Å². The second-order valence-electron chi connectivity index (χ2n) is 5.18. The molecule has 3 nitrogen and oxygen atoms in total. The normalized spacial score (nSPS) is 11.1. The van der Waals surface area contributed by atoms with Gasteiger partial charge in [0.1, 0.15) is 0 Å². The minimum absolute atomic E-state index is 0.761. The minimum Gasteiger partial charge on any atom is -0.330 e. The summed E-state index contributed by atoms with van der Waals surface area (Å²) in [5.41, 5.74) is 21.6. The van der Waals surface area contributed by atoms with Crippen molar-refractivity contribution in [1.29, 1.82) is 0 Å². The van der Waals surface area contributed by atoms with E-state index < -0.39 is 0 Å². The molecule has 4 heteroatoms. The molecule has 108 valence electrons. The Labute approximate surface area is 120 Å². The van der Waals surface area contributed by atoms with E-state index in [0.717, 1.165) is 68.4 Å². The second-order valence-corrected chi connectivity index (χ2v) is 6.25. The highest BCUT2D eigenvalue weighted by atomic mass is 28.1. The van der Waals surface area contributed by atoms with E-state index in [1.165, 1.54) is 10.8 Å². The molecule has 19 heavy (non-hydrogen) atoms. The van der Waals surface area contributed by atoms with Gasteiger partial charge in [-0.05, 0) is 74.8 Å². The van der Waals surface area contributed by atoms with Crippen LogP contribution in [0.3, 0.4) is 0 Å². The van der Waals surface area contributed by atoms with Crippen LogP contribution in [0.25, 0.3) is 0 Å². The molecule has 1 aromatic rings. The summed E-state index contributed by atoms with van der Waals surface area (Å²) in [7, 11) is 1.11. The van der Waals surface area contributed by atoms with Gasteiger partial charge in [0.2, 0.25) is 0 Å². The quantitative estimate of drug-likeness (QED) is 0.526. The van der Waals surface area contributed by atoms with Gasteiger partial charge < -0.3 is 17.2 Å². The van der Waals surface area contributed by atoms with Crippen LogP contribution >= 0.6 is 0 Å². The molecule has 0 unspecified atom stereocenters. The molecule has 0 bridgehead atoms. The lowest BCUT2D eigenvalue weighted by atomic mass is 9.91. The van der Waals surface area contributed by atoms with E-state index in [0.29, 0.717) is 0 Å². The zero-order chi connectivity index (χ0) is 14.1. The highest BCUT2D eigenvalue weighted by Crippen LogP contribution is 2.18. The summed E-state index contributed by atoms with van der Waals surface area (Å²) in [5, 5.41) is 1.52. The van der Waals surface area contributed by atoms with Gasteiger partial charge in [-0.15, -0.1) is 0 Å². The fourth-order valence-electron chi connectivity index (χ4n) is 2.60. The van der Waals surface area contributed by atoms with Crippen molar-refractivity contribution >= 4 is 15.4 Å². The first-order valence-corrected chi connectivity index (χ1v) is 8.45. The van der Waals surface area contributed by atoms with E-state index >= 15 is 0 Å². The van der Waals surface area contributed by atoms with E-state index in [9.17, 15) is 0 Å². The van der Waals surface area contributed by atoms with Gasteiger partial charge in [0, 0.05) is 10.2 Å². The third-order valence-corrected chi connectivity index (χ3v) is 4.61. The highest BCUT2D eigenvalue weighted by molar-refractivity contribution is 6.33. The molecule has 0 saturated heterocycles. The highest BCUT2D eigenvalue weighted by Gasteiger charge is 2.10. The van der Waals surface area contributed by atoms with Crippen molar-refractivity contribution in [1.82, 2.24) is 0 Å². The lowest BCUT2D eigenvalue weighted by Gasteiger charge is -2.17. The van der Waals surface area contributed by atoms with Crippen molar-refractivity contribution in [2.24, 2.45) is 17.2 Å². The molecule has 0 aliphatic rings. The molecule has 0 radical (unpaired) electrons. The van der Waals surface area contributed by atoms with Gasteiger partial charge in [-0.2, -0.15) is 0 Å². The molecule has 0 aliphatic carbocycles. The van der Waals surface area contributed by atoms with Gasteiger partial charge in [-0.1, -0.05) is 17.3 Å². The van der Waals surface area contributed by atoms with Crippen molar-refractivity contribution in [2.45, 2.75) is 38.5 Å². The van der Waals surface area contributed by atoms with Crippen molar-refractivity contribution in [3.63, 3.8) is 0 Å². The molecule has 0 amide bonds. The maximum absolute atomic E-state index is 5.68. The van der Waals surface area contributed by atoms with E-state index in [-0.39, 0.29) is 0 Å². The summed E-state index contributed by atoms with van der Waals surface area (Å²) in [5.74, 6) is 0. The summed E-state index contributed by atoms with van der Waals surface area (Å²) in [6.07, 6.45) is 6.51. The summed E-state index contributed by atoms with van der Waals surface area (Å²) in [6, 6.07) is 4.60. The molecule has 6 N–H and O–H groups in total. The van der Waals surface area contributed by atoms with E-state index in [2.05, 4.69) is 12.1 Å². The number of rotatable bonds is 9. The van der Waals surface area contributed by atoms with Gasteiger partial charge in [0.15, 0.2) is 0 Å². The number of nitrogens with two attached hydrogens (primary N) is 3. The van der Waals surface area contributed by atoms with Crippen LogP contribution in [0.4, 0.5) is 0 Å². The van der Waals surface area contributed by atoms with Crippen LogP contribution in [0.5, 0.6) is 0 Å². The van der Waals surface area contributed by atoms with Crippen LogP contribution in [0.2, 0.25) is 0 Å².